The SMILES string of the molecule is c1ccc2c(NCCCOCC3CC3)ncnc2c1. The Morgan fingerprint density at radius 3 is 3.00 bits per heavy atom. The minimum absolute atomic E-state index is 0.826. The first-order chi connectivity index (χ1) is 9.43. The van der Waals surface area contributed by atoms with E-state index in [-0.39, 0.29) is 0 Å². The van der Waals surface area contributed by atoms with Gasteiger partial charge in [-0.05, 0) is 37.3 Å². The van der Waals surface area contributed by atoms with E-state index in [0.29, 0.717) is 0 Å². The van der Waals surface area contributed by atoms with E-state index in [1.54, 1.807) is 6.33 Å². The molecule has 0 spiro atoms. The van der Waals surface area contributed by atoms with Gasteiger partial charge in [-0.1, -0.05) is 12.1 Å². The minimum Gasteiger partial charge on any atom is -0.381 e. The lowest BCUT2D eigenvalue weighted by Crippen LogP contribution is -2.08. The van der Waals surface area contributed by atoms with Crippen LogP contribution in [0.15, 0.2) is 30.6 Å². The fraction of sp³-hybridized carbons (Fsp3) is 0.467. The van der Waals surface area contributed by atoms with E-state index in [1.165, 1.54) is 12.8 Å². The summed E-state index contributed by atoms with van der Waals surface area (Å²) < 4.78 is 5.61. The fourth-order valence-corrected chi connectivity index (χ4v) is 2.06. The molecular weight excluding hydrogens is 238 g/mol. The molecule has 19 heavy (non-hydrogen) atoms. The van der Waals surface area contributed by atoms with Crippen molar-refractivity contribution in [2.75, 3.05) is 25.1 Å². The average molecular weight is 257 g/mol. The van der Waals surface area contributed by atoms with Crippen molar-refractivity contribution in [3.63, 3.8) is 0 Å². The molecule has 0 aliphatic heterocycles. The van der Waals surface area contributed by atoms with Gasteiger partial charge in [0.25, 0.3) is 0 Å². The van der Waals surface area contributed by atoms with Crippen molar-refractivity contribution in [3.05, 3.63) is 30.6 Å². The summed E-state index contributed by atoms with van der Waals surface area (Å²) in [7, 11) is 0. The van der Waals surface area contributed by atoms with Gasteiger partial charge in [0.2, 0.25) is 0 Å². The van der Waals surface area contributed by atoms with Gasteiger partial charge in [0.15, 0.2) is 0 Å². The Hall–Kier alpha value is -1.68. The van der Waals surface area contributed by atoms with Crippen molar-refractivity contribution in [3.8, 4) is 0 Å². The van der Waals surface area contributed by atoms with Crippen LogP contribution in [0.25, 0.3) is 10.9 Å². The maximum atomic E-state index is 5.61. The predicted octanol–water partition coefficient (Wildman–Crippen LogP) is 2.86. The number of hydrogen-bond acceptors (Lipinski definition) is 4. The standard InChI is InChI=1S/C15H19N3O/c1-2-5-14-13(4-1)15(18-11-17-14)16-8-3-9-19-10-12-6-7-12/h1-2,4-5,11-12H,3,6-10H2,(H,16,17,18). The smallest absolute Gasteiger partial charge is 0.137 e. The van der Waals surface area contributed by atoms with Gasteiger partial charge in [0.05, 0.1) is 5.52 Å². The van der Waals surface area contributed by atoms with Crippen molar-refractivity contribution in [2.45, 2.75) is 19.3 Å². The molecule has 0 amide bonds. The Morgan fingerprint density at radius 1 is 1.21 bits per heavy atom. The molecule has 3 rings (SSSR count). The Bertz CT molecular complexity index is 534. The second-order valence-corrected chi connectivity index (χ2v) is 5.04. The molecule has 0 atom stereocenters. The van der Waals surface area contributed by atoms with Crippen LogP contribution in [0.5, 0.6) is 0 Å². The lowest BCUT2D eigenvalue weighted by Gasteiger charge is -2.08. The molecule has 0 bridgehead atoms. The number of nitrogens with zero attached hydrogens (tertiary/aromatic N) is 2. The van der Waals surface area contributed by atoms with Crippen LogP contribution in [-0.2, 0) is 4.74 Å². The van der Waals surface area contributed by atoms with Gasteiger partial charge >= 0.3 is 0 Å². The van der Waals surface area contributed by atoms with Crippen molar-refractivity contribution in [1.29, 1.82) is 0 Å². The molecule has 0 unspecified atom stereocenters. The number of aromatic nitrogens is 2. The van der Waals surface area contributed by atoms with Crippen LogP contribution in [0.2, 0.25) is 0 Å². The number of rotatable bonds is 7. The van der Waals surface area contributed by atoms with Crippen LogP contribution in [-0.4, -0.2) is 29.7 Å². The zero-order valence-electron chi connectivity index (χ0n) is 11.0. The summed E-state index contributed by atoms with van der Waals surface area (Å²) >= 11 is 0. The Labute approximate surface area is 113 Å². The van der Waals surface area contributed by atoms with Gasteiger partial charge in [-0.15, -0.1) is 0 Å². The summed E-state index contributed by atoms with van der Waals surface area (Å²) in [6, 6.07) is 8.04. The summed E-state index contributed by atoms with van der Waals surface area (Å²) in [5, 5.41) is 4.43. The number of ether oxygens (including phenoxy) is 1. The molecule has 1 aromatic heterocycles. The third-order valence-corrected chi connectivity index (χ3v) is 3.35. The van der Waals surface area contributed by atoms with Gasteiger partial charge < -0.3 is 10.1 Å². The van der Waals surface area contributed by atoms with E-state index in [4.69, 9.17) is 4.74 Å². The molecule has 1 aromatic carbocycles. The number of fused-ring (bicyclic) bond motifs is 1. The molecule has 1 fully saturated rings. The second kappa shape index (κ2) is 5.97. The predicted molar refractivity (Wildman–Crippen MR) is 76.2 cm³/mol. The van der Waals surface area contributed by atoms with Gasteiger partial charge in [-0.3, -0.25) is 0 Å². The van der Waals surface area contributed by atoms with E-state index in [0.717, 1.165) is 48.8 Å². The lowest BCUT2D eigenvalue weighted by molar-refractivity contribution is 0.124. The Kier molecular flexibility index (Phi) is 3.89. The molecule has 100 valence electrons. The summed E-state index contributed by atoms with van der Waals surface area (Å²) in [6.07, 6.45) is 5.32. The normalized spacial score (nSPS) is 14.7. The second-order valence-electron chi connectivity index (χ2n) is 5.04. The molecule has 1 heterocycles. The van der Waals surface area contributed by atoms with Gasteiger partial charge in [0.1, 0.15) is 12.1 Å². The number of para-hydroxylation sites is 1. The molecule has 1 aliphatic carbocycles. The summed E-state index contributed by atoms with van der Waals surface area (Å²) in [6.45, 7) is 2.65. The van der Waals surface area contributed by atoms with Crippen LogP contribution in [0.1, 0.15) is 19.3 Å². The summed E-state index contributed by atoms with van der Waals surface area (Å²) in [5.41, 5.74) is 0.977. The van der Waals surface area contributed by atoms with Crippen LogP contribution in [0.4, 0.5) is 5.82 Å². The highest BCUT2D eigenvalue weighted by Crippen LogP contribution is 2.28. The van der Waals surface area contributed by atoms with Crippen LogP contribution < -0.4 is 5.32 Å². The molecule has 4 heteroatoms. The van der Waals surface area contributed by atoms with E-state index in [2.05, 4.69) is 15.3 Å². The highest BCUT2D eigenvalue weighted by Gasteiger charge is 2.20. The van der Waals surface area contributed by atoms with Gasteiger partial charge in [0, 0.05) is 25.1 Å². The van der Waals surface area contributed by atoms with Gasteiger partial charge in [-0.25, -0.2) is 9.97 Å². The molecule has 1 aliphatic rings. The number of anilines is 1. The summed E-state index contributed by atoms with van der Waals surface area (Å²) in [4.78, 5) is 8.55. The van der Waals surface area contributed by atoms with Crippen molar-refractivity contribution >= 4 is 16.7 Å². The summed E-state index contributed by atoms with van der Waals surface area (Å²) in [5.74, 6) is 1.76. The van der Waals surface area contributed by atoms with Crippen molar-refractivity contribution < 1.29 is 4.74 Å². The lowest BCUT2D eigenvalue weighted by atomic mass is 10.2. The quantitative estimate of drug-likeness (QED) is 0.775. The molecule has 1 saturated carbocycles. The Balaban J connectivity index is 1.47. The molecular formula is C15H19N3O. The maximum absolute atomic E-state index is 5.61. The zero-order chi connectivity index (χ0) is 12.9. The molecule has 0 radical (unpaired) electrons. The molecule has 0 saturated heterocycles. The number of nitrogens with one attached hydrogen (secondary N) is 1. The first-order valence-electron chi connectivity index (χ1n) is 6.95. The molecule has 2 aromatic rings. The number of benzene rings is 1. The molecule has 4 nitrogen and oxygen atoms in total. The largest absolute Gasteiger partial charge is 0.381 e. The zero-order valence-corrected chi connectivity index (χ0v) is 11.0. The van der Waals surface area contributed by atoms with Gasteiger partial charge in [-0.2, -0.15) is 0 Å². The van der Waals surface area contributed by atoms with Crippen molar-refractivity contribution in [2.24, 2.45) is 5.92 Å². The van der Waals surface area contributed by atoms with E-state index >= 15 is 0 Å². The minimum atomic E-state index is 0.826. The van der Waals surface area contributed by atoms with Crippen LogP contribution in [0, 0.1) is 5.92 Å². The van der Waals surface area contributed by atoms with E-state index < -0.39 is 0 Å². The highest BCUT2D eigenvalue weighted by atomic mass is 16.5. The fourth-order valence-electron chi connectivity index (χ4n) is 2.06. The van der Waals surface area contributed by atoms with Crippen LogP contribution >= 0.6 is 0 Å². The van der Waals surface area contributed by atoms with Crippen LogP contribution in [0.3, 0.4) is 0 Å². The van der Waals surface area contributed by atoms with Crippen molar-refractivity contribution in [1.82, 2.24) is 9.97 Å². The topological polar surface area (TPSA) is 47.0 Å². The number of hydrogen-bond donors (Lipinski definition) is 1. The van der Waals surface area contributed by atoms with E-state index in [9.17, 15) is 0 Å². The Morgan fingerprint density at radius 2 is 2.11 bits per heavy atom. The first kappa shape index (κ1) is 12.4. The van der Waals surface area contributed by atoms with E-state index in [1.807, 2.05) is 24.3 Å². The first-order valence-corrected chi connectivity index (χ1v) is 6.95. The highest BCUT2D eigenvalue weighted by molar-refractivity contribution is 5.88. The third-order valence-electron chi connectivity index (χ3n) is 3.35. The average Bonchev–Trinajstić information content (AvgIpc) is 3.27. The third kappa shape index (κ3) is 3.41. The monoisotopic (exact) mass is 257 g/mol. The maximum Gasteiger partial charge on any atom is 0.137 e. The molecule has 1 N–H and O–H groups in total.